The summed E-state index contributed by atoms with van der Waals surface area (Å²) in [6, 6.07) is 19.2. The smallest absolute Gasteiger partial charge is 0.251 e. The van der Waals surface area contributed by atoms with Crippen LogP contribution < -0.4 is 5.32 Å². The Kier molecular flexibility index (Phi) is 4.87. The largest absolute Gasteiger partial charge is 0.378 e. The second kappa shape index (κ2) is 7.44. The third kappa shape index (κ3) is 3.43. The molecular formula is C22H24N2O2. The summed E-state index contributed by atoms with van der Waals surface area (Å²) in [5.74, 6) is -0.0477. The van der Waals surface area contributed by atoms with Crippen LogP contribution in [-0.2, 0) is 11.3 Å². The van der Waals surface area contributed by atoms with Gasteiger partial charge < -0.3 is 10.1 Å². The fourth-order valence-corrected chi connectivity index (χ4v) is 3.90. The van der Waals surface area contributed by atoms with Crippen molar-refractivity contribution in [3.63, 3.8) is 0 Å². The summed E-state index contributed by atoms with van der Waals surface area (Å²) in [7, 11) is 1.66. The Bertz CT molecular complexity index is 799. The number of hydrogen-bond donors (Lipinski definition) is 1. The predicted molar refractivity (Wildman–Crippen MR) is 103 cm³/mol. The molecule has 2 aromatic carbocycles. The molecule has 2 bridgehead atoms. The third-order valence-electron chi connectivity index (χ3n) is 5.30. The zero-order valence-electron chi connectivity index (χ0n) is 15.0. The van der Waals surface area contributed by atoms with E-state index in [4.69, 9.17) is 4.74 Å². The van der Waals surface area contributed by atoms with E-state index in [1.807, 2.05) is 12.1 Å². The number of carbonyl (C=O) groups excluding carboxylic acids is 1. The molecule has 0 aliphatic carbocycles. The molecule has 134 valence electrons. The first-order valence-corrected chi connectivity index (χ1v) is 9.15. The molecule has 2 atom stereocenters. The molecule has 1 fully saturated rings. The molecule has 4 nitrogen and oxygen atoms in total. The molecule has 0 aromatic heterocycles. The summed E-state index contributed by atoms with van der Waals surface area (Å²) in [6.07, 6.45) is 3.32. The molecule has 0 spiro atoms. The average Bonchev–Trinajstić information content (AvgIpc) is 2.68. The molecule has 2 aromatic rings. The lowest BCUT2D eigenvalue weighted by Crippen LogP contribution is -2.53. The minimum atomic E-state index is -0.0477. The number of nitrogens with one attached hydrogen (secondary N) is 1. The van der Waals surface area contributed by atoms with Crippen LogP contribution in [0.3, 0.4) is 0 Å². The van der Waals surface area contributed by atoms with Crippen LogP contribution in [0.25, 0.3) is 5.57 Å². The third-order valence-corrected chi connectivity index (χ3v) is 5.30. The van der Waals surface area contributed by atoms with Crippen LogP contribution in [0, 0.1) is 0 Å². The Balaban J connectivity index is 1.55. The summed E-state index contributed by atoms with van der Waals surface area (Å²) in [4.78, 5) is 14.3. The molecule has 0 saturated carbocycles. The summed E-state index contributed by atoms with van der Waals surface area (Å²) in [5.41, 5.74) is 4.60. The first-order chi connectivity index (χ1) is 12.7. The molecule has 2 unspecified atom stereocenters. The van der Waals surface area contributed by atoms with Gasteiger partial charge in [-0.3, -0.25) is 9.69 Å². The van der Waals surface area contributed by atoms with E-state index in [2.05, 4.69) is 58.8 Å². The molecule has 26 heavy (non-hydrogen) atoms. The first kappa shape index (κ1) is 17.0. The highest BCUT2D eigenvalue weighted by molar-refractivity contribution is 5.94. The van der Waals surface area contributed by atoms with Gasteiger partial charge in [0.2, 0.25) is 0 Å². The molecule has 1 N–H and O–H groups in total. The van der Waals surface area contributed by atoms with E-state index in [0.717, 1.165) is 26.2 Å². The zero-order valence-corrected chi connectivity index (χ0v) is 15.0. The minimum Gasteiger partial charge on any atom is -0.378 e. The Morgan fingerprint density at radius 2 is 1.88 bits per heavy atom. The lowest BCUT2D eigenvalue weighted by atomic mass is 9.89. The number of ether oxygens (including phenoxy) is 1. The topological polar surface area (TPSA) is 41.6 Å². The Morgan fingerprint density at radius 1 is 1.12 bits per heavy atom. The van der Waals surface area contributed by atoms with Gasteiger partial charge in [-0.05, 0) is 35.3 Å². The molecule has 1 amide bonds. The van der Waals surface area contributed by atoms with Gasteiger partial charge in [-0.1, -0.05) is 48.5 Å². The van der Waals surface area contributed by atoms with Crippen LogP contribution in [0.15, 0.2) is 60.7 Å². The lowest BCUT2D eigenvalue weighted by Gasteiger charge is -2.44. The maximum absolute atomic E-state index is 11.7. The van der Waals surface area contributed by atoms with Crippen LogP contribution in [0.1, 0.15) is 27.9 Å². The van der Waals surface area contributed by atoms with Crippen LogP contribution in [0.2, 0.25) is 0 Å². The standard InChI is InChI=1S/C22H24N2O2/c1-23-22(25)18-9-7-17(8-10-18)19-11-20-14-26-15-21(12-19)24(20)13-16-5-3-2-4-6-16/h2-11,20-21H,12-15H2,1H3,(H,23,25). The summed E-state index contributed by atoms with van der Waals surface area (Å²) < 4.78 is 5.81. The van der Waals surface area contributed by atoms with Crippen LogP contribution in [0.5, 0.6) is 0 Å². The number of carbonyl (C=O) groups is 1. The second-order valence-corrected chi connectivity index (χ2v) is 6.97. The minimum absolute atomic E-state index is 0.0477. The first-order valence-electron chi connectivity index (χ1n) is 9.15. The van der Waals surface area contributed by atoms with Gasteiger partial charge in [-0.25, -0.2) is 0 Å². The summed E-state index contributed by atoms with van der Waals surface area (Å²) in [6.45, 7) is 2.47. The SMILES string of the molecule is CNC(=O)c1ccc(C2=CC3COCC(C2)N3Cc2ccccc2)cc1. The maximum Gasteiger partial charge on any atom is 0.251 e. The lowest BCUT2D eigenvalue weighted by molar-refractivity contribution is -0.0402. The van der Waals surface area contributed by atoms with Crippen molar-refractivity contribution in [1.29, 1.82) is 0 Å². The highest BCUT2D eigenvalue weighted by Crippen LogP contribution is 2.33. The molecule has 2 heterocycles. The normalized spacial score (nSPS) is 22.6. The van der Waals surface area contributed by atoms with Gasteiger partial charge in [-0.15, -0.1) is 0 Å². The van der Waals surface area contributed by atoms with Crippen molar-refractivity contribution in [1.82, 2.24) is 10.2 Å². The fraction of sp³-hybridized carbons (Fsp3) is 0.318. The van der Waals surface area contributed by atoms with Crippen molar-refractivity contribution < 1.29 is 9.53 Å². The Labute approximate surface area is 154 Å². The number of rotatable bonds is 4. The number of nitrogens with zero attached hydrogens (tertiary/aromatic N) is 1. The van der Waals surface area contributed by atoms with Gasteiger partial charge in [0, 0.05) is 25.2 Å². The average molecular weight is 348 g/mol. The van der Waals surface area contributed by atoms with Gasteiger partial charge in [0.15, 0.2) is 0 Å². The Hall–Kier alpha value is -2.43. The van der Waals surface area contributed by atoms with E-state index in [1.165, 1.54) is 16.7 Å². The van der Waals surface area contributed by atoms with E-state index in [9.17, 15) is 4.79 Å². The molecule has 2 aliphatic heterocycles. The number of morpholine rings is 1. The van der Waals surface area contributed by atoms with E-state index in [1.54, 1.807) is 7.05 Å². The molecular weight excluding hydrogens is 324 g/mol. The van der Waals surface area contributed by atoms with E-state index < -0.39 is 0 Å². The maximum atomic E-state index is 11.7. The molecule has 2 aliphatic rings. The van der Waals surface area contributed by atoms with E-state index in [-0.39, 0.29) is 5.91 Å². The highest BCUT2D eigenvalue weighted by atomic mass is 16.5. The van der Waals surface area contributed by atoms with E-state index >= 15 is 0 Å². The van der Waals surface area contributed by atoms with Gasteiger partial charge in [-0.2, -0.15) is 0 Å². The van der Waals surface area contributed by atoms with Crippen molar-refractivity contribution in [3.05, 3.63) is 77.4 Å². The van der Waals surface area contributed by atoms with Crippen molar-refractivity contribution >= 4 is 11.5 Å². The summed E-state index contributed by atoms with van der Waals surface area (Å²) >= 11 is 0. The predicted octanol–water partition coefficient (Wildman–Crippen LogP) is 3.10. The zero-order chi connectivity index (χ0) is 17.9. The molecule has 0 radical (unpaired) electrons. The van der Waals surface area contributed by atoms with Gasteiger partial charge in [0.05, 0.1) is 19.3 Å². The number of fused-ring (bicyclic) bond motifs is 2. The van der Waals surface area contributed by atoms with Crippen LogP contribution in [-0.4, -0.2) is 43.2 Å². The monoisotopic (exact) mass is 348 g/mol. The van der Waals surface area contributed by atoms with Crippen molar-refractivity contribution in [2.24, 2.45) is 0 Å². The summed E-state index contributed by atoms with van der Waals surface area (Å²) in [5, 5.41) is 2.66. The Morgan fingerprint density at radius 3 is 2.58 bits per heavy atom. The fourth-order valence-electron chi connectivity index (χ4n) is 3.90. The molecule has 4 rings (SSSR count). The molecule has 1 saturated heterocycles. The number of amides is 1. The van der Waals surface area contributed by atoms with Crippen molar-refractivity contribution in [2.75, 3.05) is 20.3 Å². The van der Waals surface area contributed by atoms with Gasteiger partial charge in [0.25, 0.3) is 5.91 Å². The van der Waals surface area contributed by atoms with Crippen molar-refractivity contribution in [3.8, 4) is 0 Å². The number of benzene rings is 2. The van der Waals surface area contributed by atoms with Gasteiger partial charge >= 0.3 is 0 Å². The van der Waals surface area contributed by atoms with Crippen LogP contribution >= 0.6 is 0 Å². The van der Waals surface area contributed by atoms with Gasteiger partial charge in [0.1, 0.15) is 0 Å². The highest BCUT2D eigenvalue weighted by Gasteiger charge is 2.34. The quantitative estimate of drug-likeness (QED) is 0.923. The van der Waals surface area contributed by atoms with Crippen molar-refractivity contribution in [2.45, 2.75) is 25.0 Å². The molecule has 4 heteroatoms. The van der Waals surface area contributed by atoms with E-state index in [0.29, 0.717) is 17.6 Å². The second-order valence-electron chi connectivity index (χ2n) is 6.97. The number of hydrogen-bond acceptors (Lipinski definition) is 3. The van der Waals surface area contributed by atoms with Crippen LogP contribution in [0.4, 0.5) is 0 Å².